The van der Waals surface area contributed by atoms with E-state index in [2.05, 4.69) is 22.1 Å². The number of aromatic nitrogens is 1. The average molecular weight is 251 g/mol. The van der Waals surface area contributed by atoms with Gasteiger partial charge in [0.25, 0.3) is 0 Å². The second-order valence-electron chi connectivity index (χ2n) is 5.38. The molecule has 4 heteroatoms. The van der Waals surface area contributed by atoms with Gasteiger partial charge in [-0.25, -0.2) is 4.98 Å². The number of rotatable bonds is 6. The first-order valence-corrected chi connectivity index (χ1v) is 7.49. The van der Waals surface area contributed by atoms with Crippen LogP contribution in [-0.2, 0) is 0 Å². The first kappa shape index (κ1) is 11.5. The Balaban J connectivity index is 1.73. The van der Waals surface area contributed by atoms with E-state index in [1.165, 1.54) is 42.2 Å². The quantitative estimate of drug-likeness (QED) is 0.842. The fraction of sp³-hybridized carbons (Fsp3) is 0.769. The molecular weight excluding hydrogens is 230 g/mol. The molecule has 0 bridgehead atoms. The summed E-state index contributed by atoms with van der Waals surface area (Å²) in [5.74, 6) is 0.949. The van der Waals surface area contributed by atoms with Crippen molar-refractivity contribution in [2.75, 3.05) is 18.5 Å². The van der Waals surface area contributed by atoms with Gasteiger partial charge in [0.15, 0.2) is 5.13 Å². The molecule has 0 amide bonds. The molecule has 2 fully saturated rings. The van der Waals surface area contributed by atoms with Crippen LogP contribution in [0.5, 0.6) is 0 Å². The molecule has 3 nitrogen and oxygen atoms in total. The predicted octanol–water partition coefficient (Wildman–Crippen LogP) is 2.80. The zero-order chi connectivity index (χ0) is 11.8. The molecule has 0 saturated heterocycles. The minimum Gasteiger partial charge on any atom is -0.345 e. The van der Waals surface area contributed by atoms with Crippen molar-refractivity contribution in [1.82, 2.24) is 10.3 Å². The lowest BCUT2D eigenvalue weighted by atomic mass is 10.3. The molecule has 1 N–H and O–H groups in total. The Labute approximate surface area is 107 Å². The molecule has 1 aromatic heterocycles. The van der Waals surface area contributed by atoms with Gasteiger partial charge in [-0.3, -0.25) is 0 Å². The standard InChI is InChI=1S/C13H21N3S/c1-9(14-2)12-7-15-13(17-12)16(11-5-6-11)8-10-3-4-10/h7,9-11,14H,3-6,8H2,1-2H3. The van der Waals surface area contributed by atoms with Crippen molar-refractivity contribution in [1.29, 1.82) is 0 Å². The van der Waals surface area contributed by atoms with Crippen molar-refractivity contribution in [2.45, 2.75) is 44.7 Å². The zero-order valence-electron chi connectivity index (χ0n) is 10.6. The normalized spacial score (nSPS) is 21.5. The summed E-state index contributed by atoms with van der Waals surface area (Å²) in [5.41, 5.74) is 0. The number of hydrogen-bond acceptors (Lipinski definition) is 4. The van der Waals surface area contributed by atoms with Gasteiger partial charge in [-0.05, 0) is 45.6 Å². The Kier molecular flexibility index (Phi) is 3.09. The molecule has 1 atom stereocenters. The van der Waals surface area contributed by atoms with Gasteiger partial charge >= 0.3 is 0 Å². The van der Waals surface area contributed by atoms with Crippen molar-refractivity contribution >= 4 is 16.5 Å². The second kappa shape index (κ2) is 4.58. The van der Waals surface area contributed by atoms with Crippen LogP contribution in [0.1, 0.15) is 43.5 Å². The third kappa shape index (κ3) is 2.63. The fourth-order valence-electron chi connectivity index (χ4n) is 2.10. The molecule has 0 aromatic carbocycles. The number of anilines is 1. The molecule has 17 heavy (non-hydrogen) atoms. The number of hydrogen-bond donors (Lipinski definition) is 1. The fourth-order valence-corrected chi connectivity index (χ4v) is 3.16. The van der Waals surface area contributed by atoms with Gasteiger partial charge in [-0.1, -0.05) is 0 Å². The highest BCUT2D eigenvalue weighted by Crippen LogP contribution is 2.39. The summed E-state index contributed by atoms with van der Waals surface area (Å²) in [4.78, 5) is 8.55. The molecule has 2 aliphatic rings. The molecule has 3 rings (SSSR count). The first-order chi connectivity index (χ1) is 8.28. The van der Waals surface area contributed by atoms with Crippen LogP contribution in [-0.4, -0.2) is 24.6 Å². The van der Waals surface area contributed by atoms with E-state index in [0.29, 0.717) is 6.04 Å². The van der Waals surface area contributed by atoms with Gasteiger partial charge in [-0.2, -0.15) is 0 Å². The van der Waals surface area contributed by atoms with Gasteiger partial charge < -0.3 is 10.2 Å². The molecular formula is C13H21N3S. The van der Waals surface area contributed by atoms with Crippen LogP contribution >= 0.6 is 11.3 Å². The van der Waals surface area contributed by atoms with E-state index in [1.54, 1.807) is 0 Å². The van der Waals surface area contributed by atoms with Gasteiger partial charge in [0.05, 0.1) is 0 Å². The minimum atomic E-state index is 0.420. The maximum absolute atomic E-state index is 4.63. The SMILES string of the molecule is CNC(C)c1cnc(N(CC2CC2)C2CC2)s1. The van der Waals surface area contributed by atoms with Crippen LogP contribution in [0.25, 0.3) is 0 Å². The summed E-state index contributed by atoms with van der Waals surface area (Å²) >= 11 is 1.86. The van der Waals surface area contributed by atoms with E-state index in [0.717, 1.165) is 12.0 Å². The number of thiazole rings is 1. The highest BCUT2D eigenvalue weighted by Gasteiger charge is 2.35. The van der Waals surface area contributed by atoms with Gasteiger partial charge in [0.1, 0.15) is 0 Å². The van der Waals surface area contributed by atoms with E-state index in [1.807, 2.05) is 24.6 Å². The molecule has 2 saturated carbocycles. The zero-order valence-corrected chi connectivity index (χ0v) is 11.5. The lowest BCUT2D eigenvalue weighted by Gasteiger charge is -2.21. The summed E-state index contributed by atoms with van der Waals surface area (Å²) in [6.45, 7) is 3.44. The molecule has 0 aliphatic heterocycles. The van der Waals surface area contributed by atoms with Gasteiger partial charge in [0.2, 0.25) is 0 Å². The molecule has 0 radical (unpaired) electrons. The Morgan fingerprint density at radius 2 is 2.24 bits per heavy atom. The predicted molar refractivity (Wildman–Crippen MR) is 72.7 cm³/mol. The van der Waals surface area contributed by atoms with Gasteiger partial charge in [-0.15, -0.1) is 11.3 Å². The number of nitrogens with zero attached hydrogens (tertiary/aromatic N) is 2. The lowest BCUT2D eigenvalue weighted by Crippen LogP contribution is -2.27. The van der Waals surface area contributed by atoms with E-state index < -0.39 is 0 Å². The molecule has 1 aromatic rings. The van der Waals surface area contributed by atoms with E-state index in [9.17, 15) is 0 Å². The first-order valence-electron chi connectivity index (χ1n) is 6.67. The maximum Gasteiger partial charge on any atom is 0.185 e. The van der Waals surface area contributed by atoms with Crippen LogP contribution in [0.3, 0.4) is 0 Å². The van der Waals surface area contributed by atoms with Crippen molar-refractivity contribution in [3.05, 3.63) is 11.1 Å². The van der Waals surface area contributed by atoms with E-state index in [-0.39, 0.29) is 0 Å². The maximum atomic E-state index is 4.63. The van der Waals surface area contributed by atoms with E-state index in [4.69, 9.17) is 0 Å². The summed E-state index contributed by atoms with van der Waals surface area (Å²) in [6.07, 6.45) is 7.62. The van der Waals surface area contributed by atoms with Crippen LogP contribution in [0.2, 0.25) is 0 Å². The highest BCUT2D eigenvalue weighted by atomic mass is 32.1. The third-order valence-electron chi connectivity index (χ3n) is 3.76. The lowest BCUT2D eigenvalue weighted by molar-refractivity contribution is 0.662. The Hall–Kier alpha value is -0.610. The summed E-state index contributed by atoms with van der Waals surface area (Å²) < 4.78 is 0. The molecule has 1 unspecified atom stereocenters. The molecule has 0 spiro atoms. The summed E-state index contributed by atoms with van der Waals surface area (Å²) in [6, 6.07) is 1.21. The Morgan fingerprint density at radius 1 is 1.47 bits per heavy atom. The van der Waals surface area contributed by atoms with E-state index >= 15 is 0 Å². The number of nitrogens with one attached hydrogen (secondary N) is 1. The topological polar surface area (TPSA) is 28.2 Å². The molecule has 94 valence electrons. The van der Waals surface area contributed by atoms with Crippen LogP contribution < -0.4 is 10.2 Å². The monoisotopic (exact) mass is 251 g/mol. The third-order valence-corrected chi connectivity index (χ3v) is 4.97. The highest BCUT2D eigenvalue weighted by molar-refractivity contribution is 7.15. The van der Waals surface area contributed by atoms with Crippen molar-refractivity contribution in [2.24, 2.45) is 5.92 Å². The minimum absolute atomic E-state index is 0.420. The second-order valence-corrected chi connectivity index (χ2v) is 6.42. The van der Waals surface area contributed by atoms with Gasteiger partial charge in [0, 0.05) is 29.7 Å². The molecule has 1 heterocycles. The van der Waals surface area contributed by atoms with Crippen molar-refractivity contribution < 1.29 is 0 Å². The van der Waals surface area contributed by atoms with Crippen molar-refractivity contribution in [3.8, 4) is 0 Å². The summed E-state index contributed by atoms with van der Waals surface area (Å²) in [5, 5.41) is 4.53. The summed E-state index contributed by atoms with van der Waals surface area (Å²) in [7, 11) is 2.01. The Bertz CT molecular complexity index is 382. The largest absolute Gasteiger partial charge is 0.345 e. The smallest absolute Gasteiger partial charge is 0.185 e. The van der Waals surface area contributed by atoms with Crippen LogP contribution in [0, 0.1) is 5.92 Å². The molecule has 2 aliphatic carbocycles. The van der Waals surface area contributed by atoms with Crippen LogP contribution in [0.15, 0.2) is 6.20 Å². The average Bonchev–Trinajstić information content (AvgIpc) is 3.24. The van der Waals surface area contributed by atoms with Crippen molar-refractivity contribution in [3.63, 3.8) is 0 Å². The van der Waals surface area contributed by atoms with Crippen LogP contribution in [0.4, 0.5) is 5.13 Å². The Morgan fingerprint density at radius 3 is 2.82 bits per heavy atom.